The lowest BCUT2D eigenvalue weighted by molar-refractivity contribution is 1.30. The van der Waals surface area contributed by atoms with E-state index >= 15 is 0 Å². The molecule has 1 aromatic carbocycles. The van der Waals surface area contributed by atoms with Crippen LogP contribution in [0.2, 0.25) is 0 Å². The topological polar surface area (TPSA) is 0 Å². The van der Waals surface area contributed by atoms with Gasteiger partial charge in [-0.2, -0.15) is 0 Å². The zero-order valence-corrected chi connectivity index (χ0v) is 18.8. The molecule has 0 saturated heterocycles. The fourth-order valence-electron chi connectivity index (χ4n) is 4.26. The lowest BCUT2D eigenvalue weighted by Crippen LogP contribution is -2.30. The van der Waals surface area contributed by atoms with Gasteiger partial charge in [0.2, 0.25) is 0 Å². The van der Waals surface area contributed by atoms with E-state index in [0.29, 0.717) is 0 Å². The molecule has 0 N–H and O–H groups in total. The van der Waals surface area contributed by atoms with E-state index in [1.165, 1.54) is 53.6 Å². The SMILES string of the molecule is C=C1C(C)=C(/C=C\C)C/C1=c1\c(/C=C\C)c(C)c2sc(/C=C\C)c(C)c2c1=C. The van der Waals surface area contributed by atoms with E-state index in [1.54, 1.807) is 0 Å². The number of hydrogen-bond acceptors (Lipinski definition) is 1. The highest BCUT2D eigenvalue weighted by Crippen LogP contribution is 2.37. The number of fused-ring (bicyclic) bond motifs is 1. The second-order valence-electron chi connectivity index (χ2n) is 7.47. The summed E-state index contributed by atoms with van der Waals surface area (Å²) in [5.41, 5.74) is 9.12. The number of benzene rings is 1. The van der Waals surface area contributed by atoms with Crippen LogP contribution in [0, 0.1) is 13.8 Å². The number of hydrogen-bond donors (Lipinski definition) is 0. The van der Waals surface area contributed by atoms with Gasteiger partial charge in [0.1, 0.15) is 0 Å². The van der Waals surface area contributed by atoms with Crippen molar-refractivity contribution in [1.82, 2.24) is 0 Å². The molecule has 0 atom stereocenters. The van der Waals surface area contributed by atoms with Gasteiger partial charge in [-0.3, -0.25) is 0 Å². The highest BCUT2D eigenvalue weighted by Gasteiger charge is 2.22. The van der Waals surface area contributed by atoms with Crippen molar-refractivity contribution in [3.8, 4) is 0 Å². The van der Waals surface area contributed by atoms with E-state index in [0.717, 1.165) is 17.2 Å². The third kappa shape index (κ3) is 3.08. The molecule has 2 aromatic rings. The fourth-order valence-corrected chi connectivity index (χ4v) is 5.58. The molecule has 0 bridgehead atoms. The van der Waals surface area contributed by atoms with Crippen molar-refractivity contribution in [2.24, 2.45) is 0 Å². The summed E-state index contributed by atoms with van der Waals surface area (Å²) in [6, 6.07) is 0. The van der Waals surface area contributed by atoms with Crippen molar-refractivity contribution < 1.29 is 0 Å². The lowest BCUT2D eigenvalue weighted by atomic mass is 9.93. The van der Waals surface area contributed by atoms with Gasteiger partial charge in [0.05, 0.1) is 0 Å². The molecule has 0 fully saturated rings. The summed E-state index contributed by atoms with van der Waals surface area (Å²) in [5.74, 6) is 0. The molecule has 0 nitrogen and oxygen atoms in total. The van der Waals surface area contributed by atoms with Crippen molar-refractivity contribution in [2.75, 3.05) is 0 Å². The minimum atomic E-state index is 0.929. The second kappa shape index (κ2) is 7.93. The zero-order chi connectivity index (χ0) is 20.6. The van der Waals surface area contributed by atoms with E-state index in [4.69, 9.17) is 0 Å². The Morgan fingerprint density at radius 2 is 1.50 bits per heavy atom. The molecular formula is C27H30S. The predicted molar refractivity (Wildman–Crippen MR) is 130 cm³/mol. The van der Waals surface area contributed by atoms with Gasteiger partial charge in [-0.1, -0.05) is 43.5 Å². The Kier molecular flexibility index (Phi) is 5.76. The summed E-state index contributed by atoms with van der Waals surface area (Å²) in [4.78, 5) is 1.33. The summed E-state index contributed by atoms with van der Waals surface area (Å²) in [5, 5.41) is 3.74. The number of aryl methyl sites for hydroxylation is 2. The van der Waals surface area contributed by atoms with Gasteiger partial charge in [-0.15, -0.1) is 11.3 Å². The van der Waals surface area contributed by atoms with Crippen molar-refractivity contribution in [1.29, 1.82) is 0 Å². The van der Waals surface area contributed by atoms with Crippen LogP contribution in [0.5, 0.6) is 0 Å². The summed E-state index contributed by atoms with van der Waals surface area (Å²) in [6.07, 6.45) is 14.0. The monoisotopic (exact) mass is 386 g/mol. The van der Waals surface area contributed by atoms with Gasteiger partial charge in [0.15, 0.2) is 0 Å². The van der Waals surface area contributed by atoms with Gasteiger partial charge in [0.25, 0.3) is 0 Å². The van der Waals surface area contributed by atoms with E-state index < -0.39 is 0 Å². The maximum Gasteiger partial charge on any atom is 0.0393 e. The van der Waals surface area contributed by atoms with Crippen LogP contribution in [0.3, 0.4) is 0 Å². The van der Waals surface area contributed by atoms with E-state index in [9.17, 15) is 0 Å². The van der Waals surface area contributed by atoms with E-state index in [2.05, 4.69) is 91.2 Å². The molecule has 1 heteroatoms. The van der Waals surface area contributed by atoms with Gasteiger partial charge in [-0.25, -0.2) is 0 Å². The predicted octanol–water partition coefficient (Wildman–Crippen LogP) is 7.00. The molecule has 3 rings (SSSR count). The van der Waals surface area contributed by atoms with E-state index in [1.807, 2.05) is 11.3 Å². The first kappa shape index (κ1) is 20.4. The number of rotatable bonds is 3. The average molecular weight is 387 g/mol. The van der Waals surface area contributed by atoms with Crippen molar-refractivity contribution in [3.63, 3.8) is 0 Å². The maximum absolute atomic E-state index is 4.59. The van der Waals surface area contributed by atoms with Crippen LogP contribution in [0.4, 0.5) is 0 Å². The quantitative estimate of drug-likeness (QED) is 0.533. The molecule has 1 heterocycles. The first-order valence-corrected chi connectivity index (χ1v) is 10.7. The van der Waals surface area contributed by atoms with Crippen LogP contribution in [0.15, 0.2) is 47.6 Å². The first-order valence-electron chi connectivity index (χ1n) is 9.92. The normalized spacial score (nSPS) is 17.6. The molecule has 28 heavy (non-hydrogen) atoms. The Morgan fingerprint density at radius 3 is 2.11 bits per heavy atom. The second-order valence-corrected chi connectivity index (χ2v) is 8.52. The van der Waals surface area contributed by atoms with Gasteiger partial charge < -0.3 is 0 Å². The summed E-state index contributed by atoms with van der Waals surface area (Å²) in [7, 11) is 0. The van der Waals surface area contributed by atoms with Crippen LogP contribution < -0.4 is 10.4 Å². The van der Waals surface area contributed by atoms with Crippen molar-refractivity contribution in [3.05, 3.63) is 79.6 Å². The minimum absolute atomic E-state index is 0.929. The van der Waals surface area contributed by atoms with Gasteiger partial charge >= 0.3 is 0 Å². The van der Waals surface area contributed by atoms with Gasteiger partial charge in [-0.05, 0) is 103 Å². The average Bonchev–Trinajstić information content (AvgIpc) is 3.13. The van der Waals surface area contributed by atoms with Crippen molar-refractivity contribution >= 4 is 45.7 Å². The van der Waals surface area contributed by atoms with Crippen LogP contribution in [-0.2, 0) is 0 Å². The minimum Gasteiger partial charge on any atom is -0.135 e. The van der Waals surface area contributed by atoms with Crippen LogP contribution in [-0.4, -0.2) is 0 Å². The summed E-state index contributed by atoms with van der Waals surface area (Å²) in [6.45, 7) is 21.9. The highest BCUT2D eigenvalue weighted by atomic mass is 32.1. The molecule has 1 aromatic heterocycles. The zero-order valence-electron chi connectivity index (χ0n) is 18.0. The highest BCUT2D eigenvalue weighted by molar-refractivity contribution is 7.20. The van der Waals surface area contributed by atoms with E-state index in [-0.39, 0.29) is 0 Å². The molecule has 0 saturated carbocycles. The molecule has 0 aliphatic heterocycles. The van der Waals surface area contributed by atoms with Crippen molar-refractivity contribution in [2.45, 2.75) is 48.0 Å². The largest absolute Gasteiger partial charge is 0.135 e. The molecule has 0 radical (unpaired) electrons. The van der Waals surface area contributed by atoms with Crippen LogP contribution >= 0.6 is 11.3 Å². The number of thiophene rings is 1. The molecule has 1 aliphatic rings. The maximum atomic E-state index is 4.59. The Labute approximate surface area is 173 Å². The summed E-state index contributed by atoms with van der Waals surface area (Å²) < 4.78 is 1.36. The Balaban J connectivity index is 2.53. The molecule has 0 unspecified atom stereocenters. The number of allylic oxidation sites excluding steroid dienone is 7. The van der Waals surface area contributed by atoms with Gasteiger partial charge in [0, 0.05) is 15.0 Å². The molecular weight excluding hydrogens is 356 g/mol. The molecule has 0 spiro atoms. The summed E-state index contributed by atoms with van der Waals surface area (Å²) >= 11 is 1.88. The lowest BCUT2D eigenvalue weighted by Gasteiger charge is -2.11. The smallest absolute Gasteiger partial charge is 0.0393 e. The Bertz CT molecular complexity index is 1200. The molecule has 0 amide bonds. The Morgan fingerprint density at radius 1 is 0.857 bits per heavy atom. The molecule has 144 valence electrons. The fraction of sp³-hybridized carbons (Fsp3) is 0.259. The molecule has 1 aliphatic carbocycles. The standard InChI is InChI=1S/C27H30S/c1-9-12-21-15-23(17(5)16(21)4)26-20(8)25-19(7)24(14-11-3)28-27(25)18(6)22(26)13-10-2/h9-14H,5,8,15H2,1-4,6-7H3/b12-9-,13-10-,14-11-,26-23+. The van der Waals surface area contributed by atoms with Crippen LogP contribution in [0.25, 0.3) is 34.4 Å². The van der Waals surface area contributed by atoms with Crippen LogP contribution in [0.1, 0.15) is 55.7 Å². The Hall–Kier alpha value is -2.38. The first-order chi connectivity index (χ1) is 13.4. The third-order valence-corrected chi connectivity index (χ3v) is 7.16. The third-order valence-electron chi connectivity index (χ3n) is 5.79.